The molecule has 0 saturated heterocycles. The first-order valence-corrected chi connectivity index (χ1v) is 4.06. The molecule has 1 aliphatic rings. The molecule has 2 nitrogen and oxygen atoms in total. The molecule has 12 heavy (non-hydrogen) atoms. The lowest BCUT2D eigenvalue weighted by Crippen LogP contribution is -1.93. The van der Waals surface area contributed by atoms with Gasteiger partial charge >= 0.3 is 0 Å². The van der Waals surface area contributed by atoms with Gasteiger partial charge in [0.05, 0.1) is 0 Å². The Balaban J connectivity index is 2.91. The molecule has 0 fully saturated rings. The molecule has 64 valence electrons. The zero-order valence-corrected chi connectivity index (χ0v) is 7.49. The molecule has 3 heteroatoms. The third kappa shape index (κ3) is 2.24. The minimum absolute atomic E-state index is 0.127. The lowest BCUT2D eigenvalue weighted by molar-refractivity contribution is 0.321. The van der Waals surface area contributed by atoms with Crippen molar-refractivity contribution >= 4 is 16.8 Å². The maximum Gasteiger partial charge on any atom is 0.175 e. The molecule has 1 rings (SSSR count). The molecule has 1 atom stereocenters. The maximum atomic E-state index is 8.43. The van der Waals surface area contributed by atoms with Crippen LogP contribution in [0.15, 0.2) is 41.1 Å². The highest BCUT2D eigenvalue weighted by Crippen LogP contribution is 2.13. The summed E-state index contributed by atoms with van der Waals surface area (Å²) in [5.41, 5.74) is 0.747. The Kier molecular flexibility index (Phi) is 3.11. The molecule has 0 heterocycles. The Morgan fingerprint density at radius 1 is 1.58 bits per heavy atom. The molecule has 1 aliphatic carbocycles. The van der Waals surface area contributed by atoms with Crippen LogP contribution in [0.4, 0.5) is 0 Å². The van der Waals surface area contributed by atoms with Crippen LogP contribution in [0.5, 0.6) is 0 Å². The van der Waals surface area contributed by atoms with Gasteiger partial charge in [0.15, 0.2) is 5.17 Å². The molecule has 0 spiro atoms. The first-order valence-electron chi connectivity index (χ1n) is 3.68. The van der Waals surface area contributed by atoms with E-state index in [0.717, 1.165) is 5.57 Å². The number of rotatable bonds is 1. The van der Waals surface area contributed by atoms with Crippen molar-refractivity contribution in [1.82, 2.24) is 0 Å². The molecule has 0 radical (unpaired) electrons. The molecule has 1 N–H and O–H groups in total. The van der Waals surface area contributed by atoms with Crippen LogP contribution in [0.1, 0.15) is 6.92 Å². The van der Waals surface area contributed by atoms with Gasteiger partial charge in [-0.05, 0) is 5.92 Å². The molecular formula is C9H10ClNO. The number of allylic oxidation sites excluding steroid dienone is 6. The van der Waals surface area contributed by atoms with Crippen molar-refractivity contribution in [2.45, 2.75) is 6.92 Å². The van der Waals surface area contributed by atoms with Crippen molar-refractivity contribution in [1.29, 1.82) is 0 Å². The Labute approximate surface area is 76.5 Å². The summed E-state index contributed by atoms with van der Waals surface area (Å²) >= 11 is 5.63. The van der Waals surface area contributed by atoms with Crippen LogP contribution in [0.3, 0.4) is 0 Å². The lowest BCUT2D eigenvalue weighted by Gasteiger charge is -1.99. The minimum Gasteiger partial charge on any atom is -0.410 e. The molecule has 0 aromatic carbocycles. The van der Waals surface area contributed by atoms with Crippen molar-refractivity contribution in [3.63, 3.8) is 0 Å². The Hall–Kier alpha value is -1.02. The number of oxime groups is 1. The first kappa shape index (κ1) is 9.07. The van der Waals surface area contributed by atoms with Gasteiger partial charge in [0.2, 0.25) is 0 Å². The Bertz CT molecular complexity index is 276. The van der Waals surface area contributed by atoms with Crippen LogP contribution >= 0.6 is 11.6 Å². The highest BCUT2D eigenvalue weighted by atomic mass is 35.5. The van der Waals surface area contributed by atoms with E-state index >= 15 is 0 Å². The van der Waals surface area contributed by atoms with Crippen molar-refractivity contribution in [2.24, 2.45) is 11.1 Å². The van der Waals surface area contributed by atoms with Crippen LogP contribution in [0.25, 0.3) is 0 Å². The largest absolute Gasteiger partial charge is 0.410 e. The van der Waals surface area contributed by atoms with E-state index in [0.29, 0.717) is 5.92 Å². The van der Waals surface area contributed by atoms with Crippen molar-refractivity contribution in [3.8, 4) is 0 Å². The van der Waals surface area contributed by atoms with E-state index in [2.05, 4.69) is 5.16 Å². The van der Waals surface area contributed by atoms with E-state index in [1.165, 1.54) is 0 Å². The Morgan fingerprint density at radius 2 is 2.33 bits per heavy atom. The highest BCUT2D eigenvalue weighted by molar-refractivity contribution is 6.69. The topological polar surface area (TPSA) is 32.6 Å². The van der Waals surface area contributed by atoms with Gasteiger partial charge in [0.1, 0.15) is 0 Å². The fraction of sp³-hybridized carbons (Fsp3) is 0.222. The molecule has 0 aliphatic heterocycles. The summed E-state index contributed by atoms with van der Waals surface area (Å²) in [6.45, 7) is 2.03. The van der Waals surface area contributed by atoms with E-state index in [1.54, 1.807) is 0 Å². The van der Waals surface area contributed by atoms with Crippen molar-refractivity contribution < 1.29 is 5.21 Å². The van der Waals surface area contributed by atoms with E-state index in [9.17, 15) is 0 Å². The van der Waals surface area contributed by atoms with Gasteiger partial charge < -0.3 is 5.21 Å². The quantitative estimate of drug-likeness (QED) is 0.379. The second-order valence-corrected chi connectivity index (χ2v) is 2.97. The second kappa shape index (κ2) is 4.12. The summed E-state index contributed by atoms with van der Waals surface area (Å²) < 4.78 is 0. The van der Waals surface area contributed by atoms with E-state index in [1.807, 2.05) is 37.3 Å². The average molecular weight is 184 g/mol. The summed E-state index contributed by atoms with van der Waals surface area (Å²) in [5.74, 6) is 0.311. The van der Waals surface area contributed by atoms with E-state index in [4.69, 9.17) is 16.8 Å². The van der Waals surface area contributed by atoms with Crippen LogP contribution in [-0.4, -0.2) is 10.4 Å². The van der Waals surface area contributed by atoms with Crippen LogP contribution < -0.4 is 0 Å². The zero-order chi connectivity index (χ0) is 8.97. The molecule has 0 aromatic heterocycles. The van der Waals surface area contributed by atoms with Gasteiger partial charge in [-0.15, -0.1) is 0 Å². The molecule has 1 unspecified atom stereocenters. The molecule has 0 amide bonds. The van der Waals surface area contributed by atoms with Crippen LogP contribution in [0, 0.1) is 5.92 Å². The molecular weight excluding hydrogens is 174 g/mol. The second-order valence-electron chi connectivity index (χ2n) is 2.62. The normalized spacial score (nSPS) is 23.7. The number of nitrogens with zero attached hydrogens (tertiary/aromatic N) is 1. The summed E-state index contributed by atoms with van der Waals surface area (Å²) in [7, 11) is 0. The average Bonchev–Trinajstić information content (AvgIpc) is 2.28. The summed E-state index contributed by atoms with van der Waals surface area (Å²) in [4.78, 5) is 0. The van der Waals surface area contributed by atoms with Crippen LogP contribution in [-0.2, 0) is 0 Å². The third-order valence-electron chi connectivity index (χ3n) is 1.57. The Morgan fingerprint density at radius 3 is 3.00 bits per heavy atom. The number of halogens is 1. The van der Waals surface area contributed by atoms with Gasteiger partial charge in [-0.1, -0.05) is 54.1 Å². The highest BCUT2D eigenvalue weighted by Gasteiger charge is 2.04. The maximum absolute atomic E-state index is 8.43. The summed E-state index contributed by atoms with van der Waals surface area (Å²) in [5, 5.41) is 11.5. The number of hydrogen-bond donors (Lipinski definition) is 1. The standard InChI is InChI=1S/C9H10ClNO/c1-7-4-2-3-5-8(6-7)9(10)11-12/h2-7,12H,1H3/b11-9-. The van der Waals surface area contributed by atoms with Crippen molar-refractivity contribution in [2.75, 3.05) is 0 Å². The fourth-order valence-electron chi connectivity index (χ4n) is 0.988. The summed E-state index contributed by atoms with van der Waals surface area (Å²) in [6.07, 6.45) is 9.58. The lowest BCUT2D eigenvalue weighted by atomic mass is 10.1. The van der Waals surface area contributed by atoms with Gasteiger partial charge in [-0.3, -0.25) is 0 Å². The van der Waals surface area contributed by atoms with E-state index < -0.39 is 0 Å². The fourth-order valence-corrected chi connectivity index (χ4v) is 1.11. The van der Waals surface area contributed by atoms with Gasteiger partial charge in [0, 0.05) is 5.57 Å². The van der Waals surface area contributed by atoms with E-state index in [-0.39, 0.29) is 5.17 Å². The minimum atomic E-state index is 0.127. The van der Waals surface area contributed by atoms with Gasteiger partial charge in [-0.25, -0.2) is 0 Å². The summed E-state index contributed by atoms with van der Waals surface area (Å²) in [6, 6.07) is 0. The van der Waals surface area contributed by atoms with Crippen LogP contribution in [0.2, 0.25) is 0 Å². The smallest absolute Gasteiger partial charge is 0.175 e. The predicted octanol–water partition coefficient (Wildman–Crippen LogP) is 2.70. The van der Waals surface area contributed by atoms with Gasteiger partial charge in [0.25, 0.3) is 0 Å². The monoisotopic (exact) mass is 183 g/mol. The zero-order valence-electron chi connectivity index (χ0n) is 6.74. The molecule has 0 saturated carbocycles. The van der Waals surface area contributed by atoms with Gasteiger partial charge in [-0.2, -0.15) is 0 Å². The third-order valence-corrected chi connectivity index (χ3v) is 1.86. The first-order chi connectivity index (χ1) is 5.74. The number of hydrogen-bond acceptors (Lipinski definition) is 2. The SMILES string of the molecule is CC1C=CC=CC(/C(Cl)=N/O)=C1. The molecule has 0 aromatic rings. The molecule has 0 bridgehead atoms. The van der Waals surface area contributed by atoms with Crippen molar-refractivity contribution in [3.05, 3.63) is 36.0 Å². The predicted molar refractivity (Wildman–Crippen MR) is 50.6 cm³/mol.